The number of hydrogen-bond donors (Lipinski definition) is 2. The zero-order chi connectivity index (χ0) is 36.2. The molecular formula is C46H32N8. The summed E-state index contributed by atoms with van der Waals surface area (Å²) in [6.07, 6.45) is 4.18. The fourth-order valence-corrected chi connectivity index (χ4v) is 7.96. The second-order valence-electron chi connectivity index (χ2n) is 14.3. The van der Waals surface area contributed by atoms with Gasteiger partial charge in [-0.1, -0.05) is 60.7 Å². The minimum absolute atomic E-state index is 0.584. The molecule has 0 amide bonds. The van der Waals surface area contributed by atoms with Crippen molar-refractivity contribution in [2.24, 2.45) is 0 Å². The van der Waals surface area contributed by atoms with Crippen molar-refractivity contribution < 1.29 is 0 Å². The lowest BCUT2D eigenvalue weighted by Crippen LogP contribution is -1.88. The summed E-state index contributed by atoms with van der Waals surface area (Å²) in [5.41, 5.74) is 11.0. The zero-order valence-electron chi connectivity index (χ0n) is 30.1. The first-order valence-corrected chi connectivity index (χ1v) is 18.2. The van der Waals surface area contributed by atoms with E-state index in [1.54, 1.807) is 0 Å². The first-order valence-electron chi connectivity index (χ1n) is 18.2. The van der Waals surface area contributed by atoms with Crippen molar-refractivity contribution in [3.05, 3.63) is 125 Å². The van der Waals surface area contributed by atoms with Gasteiger partial charge in [-0.05, 0) is 120 Å². The van der Waals surface area contributed by atoms with Crippen LogP contribution in [0.15, 0.2) is 103 Å². The number of aryl methyl sites for hydroxylation is 3. The number of allylic oxidation sites excluding steroid dienone is 1. The van der Waals surface area contributed by atoms with E-state index in [2.05, 4.69) is 140 Å². The van der Waals surface area contributed by atoms with Gasteiger partial charge in [0, 0.05) is 43.8 Å². The Morgan fingerprint density at radius 1 is 0.407 bits per heavy atom. The molecule has 11 rings (SSSR count). The van der Waals surface area contributed by atoms with Gasteiger partial charge in [-0.2, -0.15) is 0 Å². The zero-order valence-corrected chi connectivity index (χ0v) is 30.1. The van der Waals surface area contributed by atoms with Crippen LogP contribution >= 0.6 is 0 Å². The molecule has 9 aromatic rings. The number of rotatable bonds is 1. The molecule has 5 heterocycles. The maximum atomic E-state index is 5.30. The molecule has 0 radical (unpaired) electrons. The van der Waals surface area contributed by atoms with E-state index in [-0.39, 0.29) is 0 Å². The summed E-state index contributed by atoms with van der Waals surface area (Å²) in [4.78, 5) is 38.6. The lowest BCUT2D eigenvalue weighted by Gasteiger charge is -2.05. The topological polar surface area (TPSA) is 109 Å². The second-order valence-corrected chi connectivity index (χ2v) is 14.3. The summed E-state index contributed by atoms with van der Waals surface area (Å²) in [6, 6.07) is 34.1. The van der Waals surface area contributed by atoms with Gasteiger partial charge in [0.2, 0.25) is 0 Å². The Bertz CT molecular complexity index is 3310. The summed E-state index contributed by atoms with van der Waals surface area (Å²) in [7, 11) is 0. The Kier molecular flexibility index (Phi) is 6.35. The molecule has 54 heavy (non-hydrogen) atoms. The van der Waals surface area contributed by atoms with Crippen molar-refractivity contribution in [1.82, 2.24) is 39.9 Å². The average Bonchev–Trinajstić information content (AvgIpc) is 3.88. The summed E-state index contributed by atoms with van der Waals surface area (Å²) >= 11 is 0. The normalized spacial score (nSPS) is 12.4. The highest BCUT2D eigenvalue weighted by Gasteiger charge is 2.24. The van der Waals surface area contributed by atoms with Gasteiger partial charge in [-0.15, -0.1) is 0 Å². The summed E-state index contributed by atoms with van der Waals surface area (Å²) in [6.45, 7) is 8.40. The maximum absolute atomic E-state index is 5.30. The lowest BCUT2D eigenvalue weighted by molar-refractivity contribution is 1.19. The highest BCUT2D eigenvalue weighted by Crippen LogP contribution is 2.40. The van der Waals surface area contributed by atoms with E-state index in [4.69, 9.17) is 29.9 Å². The van der Waals surface area contributed by atoms with Crippen LogP contribution in [0, 0.1) is 20.8 Å². The van der Waals surface area contributed by atoms with E-state index in [1.165, 1.54) is 0 Å². The Morgan fingerprint density at radius 3 is 1.09 bits per heavy atom. The molecule has 0 fully saturated rings. The van der Waals surface area contributed by atoms with E-state index in [9.17, 15) is 0 Å². The molecule has 2 aliphatic heterocycles. The molecule has 0 unspecified atom stereocenters. The van der Waals surface area contributed by atoms with Gasteiger partial charge < -0.3 is 9.97 Å². The molecule has 3 aromatic heterocycles. The molecule has 8 bridgehead atoms. The molecule has 0 spiro atoms. The van der Waals surface area contributed by atoms with Gasteiger partial charge in [0.15, 0.2) is 23.3 Å². The number of fused-ring (bicyclic) bond motifs is 22. The average molecular weight is 697 g/mol. The third kappa shape index (κ3) is 4.56. The third-order valence-electron chi connectivity index (χ3n) is 10.9. The number of aromatic nitrogens is 8. The van der Waals surface area contributed by atoms with Crippen molar-refractivity contribution in [2.45, 2.75) is 27.7 Å². The minimum atomic E-state index is 0.584. The molecule has 2 N–H and O–H groups in total. The fraction of sp³-hybridized carbons (Fsp3) is 0.0870. The molecule has 0 aliphatic carbocycles. The van der Waals surface area contributed by atoms with E-state index >= 15 is 0 Å². The smallest absolute Gasteiger partial charge is 0.164 e. The van der Waals surface area contributed by atoms with Gasteiger partial charge in [-0.3, -0.25) is 0 Å². The number of benzene rings is 6. The van der Waals surface area contributed by atoms with Crippen LogP contribution in [0.5, 0.6) is 0 Å². The Morgan fingerprint density at radius 2 is 0.741 bits per heavy atom. The first-order chi connectivity index (χ1) is 26.4. The van der Waals surface area contributed by atoms with Gasteiger partial charge in [0.25, 0.3) is 0 Å². The van der Waals surface area contributed by atoms with E-state index < -0.39 is 0 Å². The fourth-order valence-electron chi connectivity index (χ4n) is 7.96. The van der Waals surface area contributed by atoms with Crippen LogP contribution in [-0.2, 0) is 0 Å². The number of hydrogen-bond acceptors (Lipinski definition) is 6. The molecule has 0 atom stereocenters. The number of H-pyrrole nitrogens is 2. The molecule has 8 heteroatoms. The number of nitrogens with one attached hydrogen (secondary N) is 2. The molecule has 256 valence electrons. The maximum Gasteiger partial charge on any atom is 0.164 e. The van der Waals surface area contributed by atoms with E-state index in [0.29, 0.717) is 45.9 Å². The summed E-state index contributed by atoms with van der Waals surface area (Å²) in [5.74, 6) is 2.37. The highest BCUT2D eigenvalue weighted by atomic mass is 15.1. The van der Waals surface area contributed by atoms with Crippen LogP contribution in [0.4, 0.5) is 0 Å². The van der Waals surface area contributed by atoms with Gasteiger partial charge in [0.1, 0.15) is 22.6 Å². The predicted molar refractivity (Wildman–Crippen MR) is 220 cm³/mol. The van der Waals surface area contributed by atoms with E-state index in [0.717, 1.165) is 87.6 Å². The lowest BCUT2D eigenvalue weighted by atomic mass is 9.99. The minimum Gasteiger partial charge on any atom is -0.324 e. The molecule has 6 aromatic carbocycles. The first kappa shape index (κ1) is 30.6. The molecule has 0 saturated heterocycles. The Hall–Kier alpha value is -7.06. The van der Waals surface area contributed by atoms with Crippen LogP contribution in [0.3, 0.4) is 0 Å². The summed E-state index contributed by atoms with van der Waals surface area (Å²) in [5, 5.41) is 8.28. The largest absolute Gasteiger partial charge is 0.324 e. The highest BCUT2D eigenvalue weighted by molar-refractivity contribution is 6.12. The van der Waals surface area contributed by atoms with Gasteiger partial charge >= 0.3 is 0 Å². The van der Waals surface area contributed by atoms with Crippen LogP contribution in [0.1, 0.15) is 29.2 Å². The van der Waals surface area contributed by atoms with Gasteiger partial charge in [-0.25, -0.2) is 29.9 Å². The SMILES string of the molecule is C/C=C\c1cc2c(cc1C)-c1nc-2nc2[nH]c(nc3nc(nc4[nH]c(n1)c1cc5ccccc5cc41)-c1cc(C)c(C)cc1-3)c1cc3ccccc3cc21. The van der Waals surface area contributed by atoms with Crippen LogP contribution in [0.2, 0.25) is 0 Å². The molecule has 2 aliphatic rings. The van der Waals surface area contributed by atoms with Crippen LogP contribution in [0.25, 0.3) is 117 Å². The third-order valence-corrected chi connectivity index (χ3v) is 10.9. The second kappa shape index (κ2) is 11.2. The summed E-state index contributed by atoms with van der Waals surface area (Å²) < 4.78 is 0. The quantitative estimate of drug-likeness (QED) is 0.177. The molecule has 0 saturated carbocycles. The van der Waals surface area contributed by atoms with Crippen molar-refractivity contribution in [3.63, 3.8) is 0 Å². The van der Waals surface area contributed by atoms with Crippen molar-refractivity contribution >= 4 is 71.8 Å². The van der Waals surface area contributed by atoms with Crippen molar-refractivity contribution in [2.75, 3.05) is 0 Å². The molecule has 8 nitrogen and oxygen atoms in total. The number of aromatic amines is 2. The monoisotopic (exact) mass is 696 g/mol. The van der Waals surface area contributed by atoms with Crippen molar-refractivity contribution in [3.8, 4) is 45.6 Å². The standard InChI is InChI=1S/C46H32N8/c1-5-10-26-18-34-33(17-25(26)4)41-50-42(34)52-46-38-22-30-14-9-8-13-29(30)21-37(38)44(54-46)49-40-32-16-24(3)23(2)15-31(32)39(47-40)48-43-35-19-27-11-6-7-12-28(27)20-36(35)45(51-41)53-43/h5-22H,1-4H3,(H2,47,48,49,50,51,52,53,54)/b10-5-. The van der Waals surface area contributed by atoms with Crippen molar-refractivity contribution in [1.29, 1.82) is 0 Å². The van der Waals surface area contributed by atoms with Gasteiger partial charge in [0.05, 0.1) is 0 Å². The Labute approximate surface area is 309 Å². The van der Waals surface area contributed by atoms with E-state index in [1.807, 2.05) is 6.92 Å². The van der Waals surface area contributed by atoms with Crippen LogP contribution in [-0.4, -0.2) is 39.9 Å². The number of nitrogens with zero attached hydrogens (tertiary/aromatic N) is 6. The van der Waals surface area contributed by atoms with Crippen LogP contribution < -0.4 is 0 Å². The molecular weight excluding hydrogens is 665 g/mol. The Balaban J connectivity index is 1.35. The predicted octanol–water partition coefficient (Wildman–Crippen LogP) is 11.1.